The molecule has 140 valence electrons. The summed E-state index contributed by atoms with van der Waals surface area (Å²) in [5.74, 6) is 0.667. The van der Waals surface area contributed by atoms with Gasteiger partial charge in [-0.3, -0.25) is 9.59 Å². The van der Waals surface area contributed by atoms with Crippen molar-refractivity contribution in [3.8, 4) is 5.75 Å². The predicted octanol–water partition coefficient (Wildman–Crippen LogP) is 3.85. The minimum atomic E-state index is -0.122. The fraction of sp³-hybridized carbons (Fsp3) is 0.238. The Labute approximate surface area is 162 Å². The summed E-state index contributed by atoms with van der Waals surface area (Å²) >= 11 is 1.16. The minimum absolute atomic E-state index is 0.0325. The van der Waals surface area contributed by atoms with Crippen molar-refractivity contribution in [3.63, 3.8) is 0 Å². The molecule has 1 N–H and O–H groups in total. The van der Waals surface area contributed by atoms with Crippen molar-refractivity contribution in [3.05, 3.63) is 80.4 Å². The van der Waals surface area contributed by atoms with Crippen molar-refractivity contribution in [2.24, 2.45) is 0 Å². The third-order valence-corrected chi connectivity index (χ3v) is 5.22. The van der Waals surface area contributed by atoms with Crippen molar-refractivity contribution < 1.29 is 9.53 Å². The fourth-order valence-corrected chi connectivity index (χ4v) is 3.68. The van der Waals surface area contributed by atoms with Crippen LogP contribution in [0, 0.1) is 6.92 Å². The van der Waals surface area contributed by atoms with Gasteiger partial charge in [-0.1, -0.05) is 41.7 Å². The van der Waals surface area contributed by atoms with Crippen LogP contribution in [0.2, 0.25) is 0 Å². The van der Waals surface area contributed by atoms with Gasteiger partial charge in [0.15, 0.2) is 0 Å². The molecule has 0 bridgehead atoms. The van der Waals surface area contributed by atoms with Crippen LogP contribution in [-0.4, -0.2) is 17.6 Å². The normalized spacial score (nSPS) is 10.6. The molecule has 1 amide bonds. The number of nitrogens with one attached hydrogen (secondary N) is 1. The molecule has 1 heterocycles. The second-order valence-electron chi connectivity index (χ2n) is 6.28. The third-order valence-electron chi connectivity index (χ3n) is 4.34. The van der Waals surface area contributed by atoms with Crippen LogP contribution in [0.25, 0.3) is 0 Å². The first-order valence-electron chi connectivity index (χ1n) is 8.72. The average molecular weight is 382 g/mol. The van der Waals surface area contributed by atoms with Gasteiger partial charge in [0, 0.05) is 41.7 Å². The Morgan fingerprint density at radius 2 is 1.96 bits per heavy atom. The molecule has 0 radical (unpaired) electrons. The Bertz CT molecular complexity index is 977. The van der Waals surface area contributed by atoms with Crippen LogP contribution in [0.3, 0.4) is 0 Å². The van der Waals surface area contributed by atoms with Gasteiger partial charge in [-0.15, -0.1) is 0 Å². The highest BCUT2D eigenvalue weighted by atomic mass is 32.1. The zero-order valence-electron chi connectivity index (χ0n) is 15.4. The first-order valence-corrected chi connectivity index (χ1v) is 9.60. The molecule has 0 saturated heterocycles. The van der Waals surface area contributed by atoms with E-state index in [1.54, 1.807) is 17.1 Å². The summed E-state index contributed by atoms with van der Waals surface area (Å²) < 4.78 is 7.07. The second-order valence-corrected chi connectivity index (χ2v) is 7.10. The van der Waals surface area contributed by atoms with Gasteiger partial charge in [0.2, 0.25) is 5.91 Å². The Morgan fingerprint density at radius 1 is 1.19 bits per heavy atom. The molecule has 0 spiro atoms. The highest BCUT2D eigenvalue weighted by Crippen LogP contribution is 2.25. The van der Waals surface area contributed by atoms with Crippen molar-refractivity contribution in [2.75, 3.05) is 12.4 Å². The number of thiazole rings is 1. The average Bonchev–Trinajstić information content (AvgIpc) is 2.99. The maximum absolute atomic E-state index is 12.3. The number of carbonyl (C=O) groups excluding carboxylic acids is 1. The Balaban J connectivity index is 1.68. The monoisotopic (exact) mass is 382 g/mol. The molecule has 6 heteroatoms. The molecule has 3 aromatic rings. The summed E-state index contributed by atoms with van der Waals surface area (Å²) in [5, 5.41) is 4.72. The van der Waals surface area contributed by atoms with Crippen LogP contribution in [-0.2, 0) is 17.8 Å². The molecule has 0 aliphatic heterocycles. The molecule has 0 fully saturated rings. The van der Waals surface area contributed by atoms with E-state index in [0.717, 1.165) is 40.5 Å². The first-order chi connectivity index (χ1) is 13.1. The number of aryl methyl sites for hydroxylation is 1. The molecule has 0 aliphatic carbocycles. The van der Waals surface area contributed by atoms with E-state index in [0.29, 0.717) is 6.54 Å². The summed E-state index contributed by atoms with van der Waals surface area (Å²) in [6.45, 7) is 2.25. The van der Waals surface area contributed by atoms with E-state index in [1.165, 1.54) is 5.56 Å². The van der Waals surface area contributed by atoms with E-state index in [-0.39, 0.29) is 17.2 Å². The van der Waals surface area contributed by atoms with Crippen LogP contribution in [0.5, 0.6) is 5.75 Å². The predicted molar refractivity (Wildman–Crippen MR) is 109 cm³/mol. The molecule has 1 aromatic heterocycles. The van der Waals surface area contributed by atoms with E-state index in [2.05, 4.69) is 17.4 Å². The zero-order valence-corrected chi connectivity index (χ0v) is 16.2. The van der Waals surface area contributed by atoms with Crippen LogP contribution >= 0.6 is 11.3 Å². The molecule has 2 aromatic carbocycles. The van der Waals surface area contributed by atoms with Gasteiger partial charge >= 0.3 is 4.87 Å². The smallest absolute Gasteiger partial charge is 0.307 e. The van der Waals surface area contributed by atoms with Crippen molar-refractivity contribution >= 4 is 22.9 Å². The van der Waals surface area contributed by atoms with E-state index < -0.39 is 0 Å². The number of benzene rings is 2. The van der Waals surface area contributed by atoms with Crippen molar-refractivity contribution in [1.29, 1.82) is 0 Å². The number of carbonyl (C=O) groups is 1. The Morgan fingerprint density at radius 3 is 2.63 bits per heavy atom. The van der Waals surface area contributed by atoms with Crippen LogP contribution in [0.4, 0.5) is 5.69 Å². The van der Waals surface area contributed by atoms with E-state index in [1.807, 2.05) is 43.3 Å². The zero-order chi connectivity index (χ0) is 19.2. The molecule has 0 aliphatic rings. The maximum atomic E-state index is 12.3. The molecule has 3 rings (SSSR count). The quantitative estimate of drug-likeness (QED) is 0.675. The van der Waals surface area contributed by atoms with Gasteiger partial charge in [0.25, 0.3) is 0 Å². The van der Waals surface area contributed by atoms with Gasteiger partial charge in [0.1, 0.15) is 5.75 Å². The number of methoxy groups -OCH3 is 1. The van der Waals surface area contributed by atoms with Gasteiger partial charge in [-0.2, -0.15) is 0 Å². The van der Waals surface area contributed by atoms with Gasteiger partial charge < -0.3 is 14.6 Å². The summed E-state index contributed by atoms with van der Waals surface area (Å²) in [5.41, 5.74) is 3.78. The van der Waals surface area contributed by atoms with Crippen molar-refractivity contribution in [1.82, 2.24) is 4.57 Å². The molecule has 27 heavy (non-hydrogen) atoms. The van der Waals surface area contributed by atoms with Crippen LogP contribution in [0.1, 0.15) is 23.2 Å². The Hall–Kier alpha value is -2.86. The molecule has 0 unspecified atom stereocenters. The van der Waals surface area contributed by atoms with E-state index in [9.17, 15) is 9.59 Å². The summed E-state index contributed by atoms with van der Waals surface area (Å²) in [4.78, 5) is 24.0. The summed E-state index contributed by atoms with van der Waals surface area (Å²) in [7, 11) is 1.64. The highest BCUT2D eigenvalue weighted by molar-refractivity contribution is 7.07. The molecule has 5 nitrogen and oxygen atoms in total. The standard InChI is InChI=1S/C21H22N2O3S/c1-15-14-27-21(25)23(15)11-10-20(24)22-18-8-9-19(26-2)17(13-18)12-16-6-4-3-5-7-16/h3-9,13-14H,10-12H2,1-2H3,(H,22,24). The van der Waals surface area contributed by atoms with Crippen LogP contribution in [0.15, 0.2) is 58.7 Å². The van der Waals surface area contributed by atoms with E-state index >= 15 is 0 Å². The SMILES string of the molecule is COc1ccc(NC(=O)CCn2c(C)csc2=O)cc1Cc1ccccc1. The maximum Gasteiger partial charge on any atom is 0.307 e. The second kappa shape index (κ2) is 8.68. The lowest BCUT2D eigenvalue weighted by Gasteiger charge is -2.12. The molecular weight excluding hydrogens is 360 g/mol. The largest absolute Gasteiger partial charge is 0.496 e. The molecule has 0 atom stereocenters. The number of ether oxygens (including phenoxy) is 1. The Kier molecular flexibility index (Phi) is 6.08. The summed E-state index contributed by atoms with van der Waals surface area (Å²) in [6.07, 6.45) is 0.967. The van der Waals surface area contributed by atoms with Gasteiger partial charge in [-0.25, -0.2) is 0 Å². The van der Waals surface area contributed by atoms with Crippen molar-refractivity contribution in [2.45, 2.75) is 26.3 Å². The van der Waals surface area contributed by atoms with Gasteiger partial charge in [0.05, 0.1) is 7.11 Å². The number of nitrogens with zero attached hydrogens (tertiary/aromatic N) is 1. The first kappa shape index (κ1) is 18.9. The topological polar surface area (TPSA) is 60.3 Å². The summed E-state index contributed by atoms with van der Waals surface area (Å²) in [6, 6.07) is 15.7. The minimum Gasteiger partial charge on any atom is -0.496 e. The number of anilines is 1. The number of hydrogen-bond acceptors (Lipinski definition) is 4. The third kappa shape index (κ3) is 4.86. The molecular formula is C21H22N2O3S. The number of rotatable bonds is 7. The molecule has 0 saturated carbocycles. The fourth-order valence-electron chi connectivity index (χ4n) is 2.92. The highest BCUT2D eigenvalue weighted by Gasteiger charge is 2.10. The van der Waals surface area contributed by atoms with E-state index in [4.69, 9.17) is 4.74 Å². The lowest BCUT2D eigenvalue weighted by atomic mass is 10.0. The lowest BCUT2D eigenvalue weighted by Crippen LogP contribution is -2.20. The number of aromatic nitrogens is 1. The van der Waals surface area contributed by atoms with Crippen LogP contribution < -0.4 is 14.9 Å². The lowest BCUT2D eigenvalue weighted by molar-refractivity contribution is -0.116. The number of amides is 1. The van der Waals surface area contributed by atoms with Gasteiger partial charge in [-0.05, 0) is 30.7 Å². The number of hydrogen-bond donors (Lipinski definition) is 1.